The Hall–Kier alpha value is -1.67. The van der Waals surface area contributed by atoms with Crippen LogP contribution in [0.5, 0.6) is 0 Å². The number of benzene rings is 1. The number of nitrogens with zero attached hydrogens (tertiary/aromatic N) is 2. The quantitative estimate of drug-likeness (QED) is 0.661. The highest BCUT2D eigenvalue weighted by molar-refractivity contribution is 7.90. The Kier molecular flexibility index (Phi) is 4.05. The fourth-order valence-electron chi connectivity index (χ4n) is 3.86. The maximum absolute atomic E-state index is 11.6. The zero-order valence-electron chi connectivity index (χ0n) is 13.0. The first-order valence-corrected chi connectivity index (χ1v) is 9.65. The van der Waals surface area contributed by atoms with Crippen LogP contribution >= 0.6 is 0 Å². The third-order valence-electron chi connectivity index (χ3n) is 5.07. The van der Waals surface area contributed by atoms with Crippen LogP contribution in [0.1, 0.15) is 19.3 Å². The molecule has 0 spiro atoms. The Morgan fingerprint density at radius 1 is 1.30 bits per heavy atom. The molecule has 8 heteroatoms. The van der Waals surface area contributed by atoms with Crippen molar-refractivity contribution >= 4 is 21.2 Å². The second-order valence-electron chi connectivity index (χ2n) is 6.60. The van der Waals surface area contributed by atoms with Gasteiger partial charge in [-0.25, -0.2) is 8.42 Å². The fourth-order valence-corrected chi connectivity index (χ4v) is 4.50. The number of nitro groups is 1. The second kappa shape index (κ2) is 5.76. The summed E-state index contributed by atoms with van der Waals surface area (Å²) in [5, 5.41) is 11.4. The van der Waals surface area contributed by atoms with Gasteiger partial charge in [0.15, 0.2) is 9.84 Å². The molecular weight excluding hydrogens is 318 g/mol. The molecule has 3 rings (SSSR count). The van der Waals surface area contributed by atoms with Crippen LogP contribution in [0.4, 0.5) is 11.4 Å². The van der Waals surface area contributed by atoms with E-state index in [1.54, 1.807) is 6.07 Å². The predicted molar refractivity (Wildman–Crippen MR) is 87.2 cm³/mol. The van der Waals surface area contributed by atoms with Crippen LogP contribution < -0.4 is 10.6 Å². The topological polar surface area (TPSA) is 107 Å². The zero-order chi connectivity index (χ0) is 16.8. The number of nitro benzene ring substituents is 1. The van der Waals surface area contributed by atoms with Crippen molar-refractivity contribution in [3.05, 3.63) is 28.3 Å². The van der Waals surface area contributed by atoms with Crippen molar-refractivity contribution in [2.45, 2.75) is 30.2 Å². The van der Waals surface area contributed by atoms with Crippen LogP contribution in [0.3, 0.4) is 0 Å². The molecule has 1 saturated heterocycles. The van der Waals surface area contributed by atoms with Gasteiger partial charge < -0.3 is 10.6 Å². The number of sulfone groups is 1. The van der Waals surface area contributed by atoms with E-state index in [1.807, 2.05) is 4.90 Å². The molecule has 3 unspecified atom stereocenters. The van der Waals surface area contributed by atoms with E-state index in [0.717, 1.165) is 38.1 Å². The zero-order valence-corrected chi connectivity index (χ0v) is 13.8. The largest absolute Gasteiger partial charge is 0.365 e. The third-order valence-corrected chi connectivity index (χ3v) is 6.18. The lowest BCUT2D eigenvalue weighted by atomic mass is 9.78. The summed E-state index contributed by atoms with van der Waals surface area (Å²) in [4.78, 5) is 12.9. The highest BCUT2D eigenvalue weighted by atomic mass is 32.2. The maximum Gasteiger partial charge on any atom is 0.293 e. The van der Waals surface area contributed by atoms with Crippen molar-refractivity contribution in [1.29, 1.82) is 0 Å². The van der Waals surface area contributed by atoms with Crippen molar-refractivity contribution in [3.8, 4) is 0 Å². The lowest BCUT2D eigenvalue weighted by molar-refractivity contribution is -0.384. The average molecular weight is 339 g/mol. The normalized spacial score (nSPS) is 27.7. The van der Waals surface area contributed by atoms with Gasteiger partial charge in [-0.05, 0) is 36.8 Å². The number of nitrogens with two attached hydrogens (primary N) is 1. The Balaban J connectivity index is 1.95. The number of fused-ring (bicyclic) bond motifs is 1. The summed E-state index contributed by atoms with van der Waals surface area (Å²) in [6.45, 7) is 1.45. The summed E-state index contributed by atoms with van der Waals surface area (Å²) in [5.74, 6) is 0.825. The summed E-state index contributed by atoms with van der Waals surface area (Å²) >= 11 is 0. The van der Waals surface area contributed by atoms with Crippen LogP contribution in [0.25, 0.3) is 0 Å². The van der Waals surface area contributed by atoms with Crippen molar-refractivity contribution in [3.63, 3.8) is 0 Å². The van der Waals surface area contributed by atoms with Gasteiger partial charge in [0.25, 0.3) is 5.69 Å². The van der Waals surface area contributed by atoms with Gasteiger partial charge in [0.05, 0.1) is 9.82 Å². The molecule has 23 heavy (non-hydrogen) atoms. The first-order valence-electron chi connectivity index (χ1n) is 7.76. The highest BCUT2D eigenvalue weighted by Crippen LogP contribution is 2.40. The number of rotatable bonds is 3. The smallest absolute Gasteiger partial charge is 0.293 e. The van der Waals surface area contributed by atoms with Crippen LogP contribution in [0, 0.1) is 22.0 Å². The molecule has 1 aromatic rings. The van der Waals surface area contributed by atoms with Crippen molar-refractivity contribution in [2.24, 2.45) is 17.6 Å². The number of hydrogen-bond acceptors (Lipinski definition) is 6. The summed E-state index contributed by atoms with van der Waals surface area (Å²) in [7, 11) is -3.47. The highest BCUT2D eigenvalue weighted by Gasteiger charge is 2.40. The Bertz CT molecular complexity index is 734. The molecule has 3 atom stereocenters. The second-order valence-corrected chi connectivity index (χ2v) is 8.62. The molecule has 0 amide bonds. The minimum atomic E-state index is -3.47. The van der Waals surface area contributed by atoms with Gasteiger partial charge in [0.2, 0.25) is 0 Å². The van der Waals surface area contributed by atoms with Gasteiger partial charge in [0.1, 0.15) is 5.69 Å². The van der Waals surface area contributed by atoms with E-state index < -0.39 is 14.8 Å². The van der Waals surface area contributed by atoms with Crippen molar-refractivity contribution < 1.29 is 13.3 Å². The molecule has 7 nitrogen and oxygen atoms in total. The van der Waals surface area contributed by atoms with Gasteiger partial charge >= 0.3 is 0 Å². The standard InChI is InChI=1S/C15H21N3O4S/c1-23(21,22)11-5-6-14(15(7-11)18(19)20)17-8-10-3-2-4-13(16)12(10)9-17/h5-7,10,12-13H,2-4,8-9,16H2,1H3. The van der Waals surface area contributed by atoms with Crippen LogP contribution in [-0.4, -0.2) is 38.7 Å². The van der Waals surface area contributed by atoms with E-state index in [2.05, 4.69) is 0 Å². The van der Waals surface area contributed by atoms with E-state index in [4.69, 9.17) is 5.73 Å². The van der Waals surface area contributed by atoms with Gasteiger partial charge in [-0.3, -0.25) is 10.1 Å². The average Bonchev–Trinajstić information content (AvgIpc) is 2.91. The monoisotopic (exact) mass is 339 g/mol. The number of anilines is 1. The molecule has 126 valence electrons. The summed E-state index contributed by atoms with van der Waals surface area (Å²) < 4.78 is 23.3. The van der Waals surface area contributed by atoms with E-state index in [1.165, 1.54) is 6.07 Å². The molecule has 1 aliphatic heterocycles. The molecule has 0 bridgehead atoms. The minimum Gasteiger partial charge on any atom is -0.365 e. The Labute approximate surface area is 135 Å². The Morgan fingerprint density at radius 3 is 2.65 bits per heavy atom. The van der Waals surface area contributed by atoms with Gasteiger partial charge in [-0.1, -0.05) is 6.42 Å². The SMILES string of the molecule is CS(=O)(=O)c1ccc(N2CC3CCCC(N)C3C2)c([N+](=O)[O-])c1. The van der Waals surface area contributed by atoms with Crippen molar-refractivity contribution in [1.82, 2.24) is 0 Å². The van der Waals surface area contributed by atoms with E-state index >= 15 is 0 Å². The molecule has 2 N–H and O–H groups in total. The molecule has 1 heterocycles. The summed E-state index contributed by atoms with van der Waals surface area (Å²) in [6, 6.07) is 4.30. The molecular formula is C15H21N3O4S. The van der Waals surface area contributed by atoms with E-state index in [-0.39, 0.29) is 16.6 Å². The molecule has 0 aromatic heterocycles. The Morgan fingerprint density at radius 2 is 2.04 bits per heavy atom. The molecule has 1 saturated carbocycles. The van der Waals surface area contributed by atoms with Crippen molar-refractivity contribution in [2.75, 3.05) is 24.2 Å². The van der Waals surface area contributed by atoms with Crippen LogP contribution in [0.15, 0.2) is 23.1 Å². The van der Waals surface area contributed by atoms with Crippen LogP contribution in [-0.2, 0) is 9.84 Å². The van der Waals surface area contributed by atoms with E-state index in [0.29, 0.717) is 24.1 Å². The molecule has 2 fully saturated rings. The first kappa shape index (κ1) is 16.2. The molecule has 0 radical (unpaired) electrons. The minimum absolute atomic E-state index is 0.0266. The molecule has 1 aliphatic carbocycles. The van der Waals surface area contributed by atoms with Gasteiger partial charge in [-0.2, -0.15) is 0 Å². The molecule has 2 aliphatic rings. The third kappa shape index (κ3) is 3.05. The maximum atomic E-state index is 11.6. The van der Waals surface area contributed by atoms with Gasteiger partial charge in [0, 0.05) is 31.5 Å². The fraction of sp³-hybridized carbons (Fsp3) is 0.600. The number of hydrogen-bond donors (Lipinski definition) is 1. The lowest BCUT2D eigenvalue weighted by Crippen LogP contribution is -2.38. The summed E-state index contributed by atoms with van der Waals surface area (Å²) in [5.41, 5.74) is 6.54. The summed E-state index contributed by atoms with van der Waals surface area (Å²) in [6.07, 6.45) is 4.26. The van der Waals surface area contributed by atoms with E-state index in [9.17, 15) is 18.5 Å². The van der Waals surface area contributed by atoms with Gasteiger partial charge in [-0.15, -0.1) is 0 Å². The molecule has 1 aromatic carbocycles. The van der Waals surface area contributed by atoms with Crippen LogP contribution in [0.2, 0.25) is 0 Å². The predicted octanol–water partition coefficient (Wildman–Crippen LogP) is 1.56. The lowest BCUT2D eigenvalue weighted by Gasteiger charge is -2.29. The first-order chi connectivity index (χ1) is 10.8.